The standard InChI is InChI=1S/C9H9N3O2/c1-14-12-9(13)6-2-3-8-7(4-6)5-10-11-8/h2-5H,1H3,(H,10,11)(H,12,13). The second-order valence-corrected chi connectivity index (χ2v) is 2.81. The molecule has 0 fully saturated rings. The number of hydrogen-bond donors (Lipinski definition) is 2. The van der Waals surface area contributed by atoms with Gasteiger partial charge >= 0.3 is 0 Å². The molecule has 1 aromatic carbocycles. The third kappa shape index (κ3) is 1.45. The van der Waals surface area contributed by atoms with E-state index >= 15 is 0 Å². The van der Waals surface area contributed by atoms with Gasteiger partial charge in [0.15, 0.2) is 0 Å². The van der Waals surface area contributed by atoms with E-state index in [0.717, 1.165) is 10.9 Å². The van der Waals surface area contributed by atoms with Crippen LogP contribution in [-0.2, 0) is 4.84 Å². The molecule has 0 atom stereocenters. The number of benzene rings is 1. The highest BCUT2D eigenvalue weighted by Gasteiger charge is 2.05. The van der Waals surface area contributed by atoms with Gasteiger partial charge in [0.05, 0.1) is 18.8 Å². The Morgan fingerprint density at radius 1 is 1.57 bits per heavy atom. The van der Waals surface area contributed by atoms with Crippen molar-refractivity contribution in [3.63, 3.8) is 0 Å². The molecule has 0 unspecified atom stereocenters. The Kier molecular flexibility index (Phi) is 2.16. The van der Waals surface area contributed by atoms with Gasteiger partial charge in [0.25, 0.3) is 5.91 Å². The summed E-state index contributed by atoms with van der Waals surface area (Å²) >= 11 is 0. The fourth-order valence-corrected chi connectivity index (χ4v) is 1.24. The number of fused-ring (bicyclic) bond motifs is 1. The molecule has 2 N–H and O–H groups in total. The van der Waals surface area contributed by atoms with Gasteiger partial charge < -0.3 is 0 Å². The number of hydrogen-bond acceptors (Lipinski definition) is 3. The molecule has 0 radical (unpaired) electrons. The number of nitrogens with one attached hydrogen (secondary N) is 2. The topological polar surface area (TPSA) is 67.0 Å². The molecule has 1 amide bonds. The zero-order valence-electron chi connectivity index (χ0n) is 7.57. The Morgan fingerprint density at radius 2 is 2.43 bits per heavy atom. The summed E-state index contributed by atoms with van der Waals surface area (Å²) in [6.07, 6.45) is 1.67. The van der Waals surface area contributed by atoms with Crippen LogP contribution in [0.5, 0.6) is 0 Å². The molecule has 2 aromatic rings. The van der Waals surface area contributed by atoms with Crippen LogP contribution in [0.25, 0.3) is 10.9 Å². The van der Waals surface area contributed by atoms with E-state index in [9.17, 15) is 4.79 Å². The smallest absolute Gasteiger partial charge is 0.274 e. The zero-order chi connectivity index (χ0) is 9.97. The van der Waals surface area contributed by atoms with Crippen molar-refractivity contribution in [2.24, 2.45) is 0 Å². The minimum absolute atomic E-state index is 0.268. The predicted octanol–water partition coefficient (Wildman–Crippen LogP) is 0.854. The highest BCUT2D eigenvalue weighted by Crippen LogP contribution is 2.12. The van der Waals surface area contributed by atoms with Gasteiger partial charge in [0.1, 0.15) is 0 Å². The summed E-state index contributed by atoms with van der Waals surface area (Å²) in [6.45, 7) is 0. The summed E-state index contributed by atoms with van der Waals surface area (Å²) in [6, 6.07) is 5.24. The van der Waals surface area contributed by atoms with Crippen molar-refractivity contribution < 1.29 is 9.63 Å². The van der Waals surface area contributed by atoms with Crippen LogP contribution >= 0.6 is 0 Å². The average Bonchev–Trinajstić information content (AvgIpc) is 2.64. The van der Waals surface area contributed by atoms with Crippen molar-refractivity contribution in [2.75, 3.05) is 7.11 Å². The molecular weight excluding hydrogens is 182 g/mol. The van der Waals surface area contributed by atoms with E-state index in [-0.39, 0.29) is 5.91 Å². The molecule has 0 aliphatic rings. The Hall–Kier alpha value is -1.88. The molecule has 1 aromatic heterocycles. The molecule has 0 aliphatic carbocycles. The van der Waals surface area contributed by atoms with Crippen LogP contribution in [0.1, 0.15) is 10.4 Å². The zero-order valence-corrected chi connectivity index (χ0v) is 7.57. The summed E-state index contributed by atoms with van der Waals surface area (Å²) in [5.41, 5.74) is 3.69. The first-order valence-corrected chi connectivity index (χ1v) is 4.08. The maximum Gasteiger partial charge on any atom is 0.274 e. The van der Waals surface area contributed by atoms with E-state index < -0.39 is 0 Å². The highest BCUT2D eigenvalue weighted by atomic mass is 16.6. The van der Waals surface area contributed by atoms with Crippen LogP contribution in [0.3, 0.4) is 0 Å². The van der Waals surface area contributed by atoms with Crippen LogP contribution in [-0.4, -0.2) is 23.2 Å². The van der Waals surface area contributed by atoms with Crippen molar-refractivity contribution in [1.29, 1.82) is 0 Å². The number of H-pyrrole nitrogens is 1. The third-order valence-corrected chi connectivity index (χ3v) is 1.90. The van der Waals surface area contributed by atoms with Crippen molar-refractivity contribution in [3.8, 4) is 0 Å². The number of rotatable bonds is 2. The van der Waals surface area contributed by atoms with Crippen molar-refractivity contribution in [1.82, 2.24) is 15.7 Å². The van der Waals surface area contributed by atoms with Gasteiger partial charge in [-0.1, -0.05) is 0 Å². The quantitative estimate of drug-likeness (QED) is 0.691. The molecule has 0 aliphatic heterocycles. The molecule has 0 spiro atoms. The number of hydroxylamine groups is 1. The van der Waals surface area contributed by atoms with Gasteiger partial charge in [-0.3, -0.25) is 14.7 Å². The van der Waals surface area contributed by atoms with Crippen molar-refractivity contribution in [3.05, 3.63) is 30.0 Å². The Bertz CT molecular complexity index is 464. The number of carbonyl (C=O) groups excluding carboxylic acids is 1. The van der Waals surface area contributed by atoms with E-state index in [1.165, 1.54) is 7.11 Å². The van der Waals surface area contributed by atoms with Crippen LogP contribution in [0.2, 0.25) is 0 Å². The predicted molar refractivity (Wildman–Crippen MR) is 50.6 cm³/mol. The number of aromatic nitrogens is 2. The van der Waals surface area contributed by atoms with Crippen molar-refractivity contribution >= 4 is 16.8 Å². The summed E-state index contributed by atoms with van der Waals surface area (Å²) in [5.74, 6) is -0.268. The molecule has 14 heavy (non-hydrogen) atoms. The van der Waals surface area contributed by atoms with E-state index in [0.29, 0.717) is 5.56 Å². The van der Waals surface area contributed by atoms with Gasteiger partial charge in [0.2, 0.25) is 0 Å². The molecule has 1 heterocycles. The van der Waals surface area contributed by atoms with E-state index in [1.807, 2.05) is 0 Å². The lowest BCUT2D eigenvalue weighted by Gasteiger charge is -2.00. The van der Waals surface area contributed by atoms with Gasteiger partial charge in [0, 0.05) is 10.9 Å². The molecule has 2 rings (SSSR count). The lowest BCUT2D eigenvalue weighted by Crippen LogP contribution is -2.21. The number of amides is 1. The summed E-state index contributed by atoms with van der Waals surface area (Å²) in [4.78, 5) is 15.9. The van der Waals surface area contributed by atoms with Crippen molar-refractivity contribution in [2.45, 2.75) is 0 Å². The molecule has 0 saturated carbocycles. The maximum absolute atomic E-state index is 11.3. The number of nitrogens with zero attached hydrogens (tertiary/aromatic N) is 1. The molecular formula is C9H9N3O2. The van der Waals surface area contributed by atoms with Crippen LogP contribution in [0.15, 0.2) is 24.4 Å². The fourth-order valence-electron chi connectivity index (χ4n) is 1.24. The maximum atomic E-state index is 11.3. The molecule has 5 heteroatoms. The lowest BCUT2D eigenvalue weighted by molar-refractivity contribution is 0.0538. The van der Waals surface area contributed by atoms with Gasteiger partial charge in [-0.05, 0) is 18.2 Å². The Morgan fingerprint density at radius 3 is 3.21 bits per heavy atom. The largest absolute Gasteiger partial charge is 0.278 e. The van der Waals surface area contributed by atoms with Gasteiger partial charge in [-0.25, -0.2) is 5.48 Å². The SMILES string of the molecule is CONC(=O)c1ccc2[nH]ncc2c1. The fraction of sp³-hybridized carbons (Fsp3) is 0.111. The van der Waals surface area contributed by atoms with E-state index in [1.54, 1.807) is 24.4 Å². The normalized spacial score (nSPS) is 10.4. The second-order valence-electron chi connectivity index (χ2n) is 2.81. The minimum Gasteiger partial charge on any atom is -0.278 e. The molecule has 5 nitrogen and oxygen atoms in total. The first kappa shape index (κ1) is 8.71. The molecule has 0 bridgehead atoms. The summed E-state index contributed by atoms with van der Waals surface area (Å²) in [5, 5.41) is 7.56. The highest BCUT2D eigenvalue weighted by molar-refractivity contribution is 5.97. The van der Waals surface area contributed by atoms with Crippen LogP contribution < -0.4 is 5.48 Å². The first-order chi connectivity index (χ1) is 6.81. The second kappa shape index (κ2) is 3.47. The molecule has 72 valence electrons. The number of carbonyl (C=O) groups is 1. The summed E-state index contributed by atoms with van der Waals surface area (Å²) < 4.78 is 0. The number of aromatic amines is 1. The van der Waals surface area contributed by atoms with E-state index in [4.69, 9.17) is 0 Å². The van der Waals surface area contributed by atoms with Gasteiger partial charge in [-0.2, -0.15) is 5.10 Å². The molecule has 0 saturated heterocycles. The monoisotopic (exact) mass is 191 g/mol. The Labute approximate surface area is 80.0 Å². The van der Waals surface area contributed by atoms with Crippen LogP contribution in [0.4, 0.5) is 0 Å². The average molecular weight is 191 g/mol. The Balaban J connectivity index is 2.38. The minimum atomic E-state index is -0.268. The first-order valence-electron chi connectivity index (χ1n) is 4.08. The van der Waals surface area contributed by atoms with Gasteiger partial charge in [-0.15, -0.1) is 0 Å². The summed E-state index contributed by atoms with van der Waals surface area (Å²) in [7, 11) is 1.40. The lowest BCUT2D eigenvalue weighted by atomic mass is 10.1. The third-order valence-electron chi connectivity index (χ3n) is 1.90. The van der Waals surface area contributed by atoms with E-state index in [2.05, 4.69) is 20.5 Å². The van der Waals surface area contributed by atoms with Crippen LogP contribution in [0, 0.1) is 0 Å².